The fraction of sp³-hybridized carbons (Fsp3) is 0.517. The number of benzene rings is 2. The van der Waals surface area contributed by atoms with E-state index in [0.29, 0.717) is 19.4 Å². The Bertz CT molecular complexity index is 1280. The number of sulfonamides is 1. The van der Waals surface area contributed by atoms with Crippen molar-refractivity contribution in [1.29, 1.82) is 0 Å². The number of methoxy groups -OCH3 is 1. The molecule has 3 aliphatic heterocycles. The highest BCUT2D eigenvalue weighted by Gasteiger charge is 2.36. The second-order valence-electron chi connectivity index (χ2n) is 10.7. The first-order chi connectivity index (χ1) is 18.8. The van der Waals surface area contributed by atoms with Crippen LogP contribution in [0, 0.1) is 0 Å². The predicted molar refractivity (Wildman–Crippen MR) is 149 cm³/mol. The zero-order chi connectivity index (χ0) is 27.4. The molecule has 3 saturated heterocycles. The molecular weight excluding hydrogens is 516 g/mol. The Kier molecular flexibility index (Phi) is 8.54. The van der Waals surface area contributed by atoms with Crippen LogP contribution in [-0.4, -0.2) is 93.4 Å². The van der Waals surface area contributed by atoms with E-state index in [-0.39, 0.29) is 29.3 Å². The zero-order valence-electron chi connectivity index (χ0n) is 22.5. The fourth-order valence-electron chi connectivity index (χ4n) is 5.96. The second kappa shape index (κ2) is 12.1. The molecule has 2 unspecified atom stereocenters. The van der Waals surface area contributed by atoms with Gasteiger partial charge in [0.05, 0.1) is 18.6 Å². The van der Waals surface area contributed by atoms with Crippen molar-refractivity contribution in [3.63, 3.8) is 0 Å². The Balaban J connectivity index is 1.20. The average Bonchev–Trinajstić information content (AvgIpc) is 3.64. The van der Waals surface area contributed by atoms with Crippen LogP contribution in [0.15, 0.2) is 53.4 Å². The SMILES string of the molecule is COc1cccc(-c2ccc(S(=O)(=O)NC3CCCN(CC(=O)N4CCCC4CN4CCCC4)C3=O)cc2)c1. The van der Waals surface area contributed by atoms with E-state index in [2.05, 4.69) is 9.62 Å². The average molecular weight is 555 g/mol. The van der Waals surface area contributed by atoms with Gasteiger partial charge in [0.2, 0.25) is 21.8 Å². The molecule has 1 N–H and O–H groups in total. The van der Waals surface area contributed by atoms with Gasteiger partial charge in [-0.3, -0.25) is 9.59 Å². The third kappa shape index (κ3) is 6.45. The summed E-state index contributed by atoms with van der Waals surface area (Å²) in [4.78, 5) is 32.4. The van der Waals surface area contributed by atoms with Gasteiger partial charge in [0, 0.05) is 25.7 Å². The van der Waals surface area contributed by atoms with Crippen LogP contribution in [-0.2, 0) is 19.6 Å². The molecule has 0 saturated carbocycles. The van der Waals surface area contributed by atoms with Crippen LogP contribution in [0.4, 0.5) is 0 Å². The van der Waals surface area contributed by atoms with E-state index >= 15 is 0 Å². The first kappa shape index (κ1) is 27.6. The summed E-state index contributed by atoms with van der Waals surface area (Å²) in [6.07, 6.45) is 5.45. The number of nitrogens with zero attached hydrogens (tertiary/aromatic N) is 3. The lowest BCUT2D eigenvalue weighted by molar-refractivity contribution is -0.143. The van der Waals surface area contributed by atoms with E-state index < -0.39 is 16.1 Å². The molecule has 2 atom stereocenters. The van der Waals surface area contributed by atoms with Gasteiger partial charge in [-0.25, -0.2) is 8.42 Å². The van der Waals surface area contributed by atoms with Gasteiger partial charge in [-0.15, -0.1) is 0 Å². The summed E-state index contributed by atoms with van der Waals surface area (Å²) in [5, 5.41) is 0. The van der Waals surface area contributed by atoms with Crippen molar-refractivity contribution in [2.24, 2.45) is 0 Å². The van der Waals surface area contributed by atoms with E-state index in [9.17, 15) is 18.0 Å². The van der Waals surface area contributed by atoms with Gasteiger partial charge in [0.1, 0.15) is 11.8 Å². The molecule has 5 rings (SSSR count). The van der Waals surface area contributed by atoms with Crippen molar-refractivity contribution >= 4 is 21.8 Å². The van der Waals surface area contributed by atoms with E-state index in [1.807, 2.05) is 29.2 Å². The molecule has 0 aromatic heterocycles. The molecule has 0 bridgehead atoms. The number of hydrogen-bond donors (Lipinski definition) is 1. The molecule has 9 nitrogen and oxygen atoms in total. The molecule has 2 amide bonds. The Morgan fingerprint density at radius 1 is 0.949 bits per heavy atom. The highest BCUT2D eigenvalue weighted by atomic mass is 32.2. The summed E-state index contributed by atoms with van der Waals surface area (Å²) < 4.78 is 34.2. The predicted octanol–water partition coefficient (Wildman–Crippen LogP) is 2.72. The van der Waals surface area contributed by atoms with Crippen molar-refractivity contribution in [2.75, 3.05) is 46.4 Å². The summed E-state index contributed by atoms with van der Waals surface area (Å²) in [5.41, 5.74) is 1.77. The summed E-state index contributed by atoms with van der Waals surface area (Å²) in [7, 11) is -2.32. The molecule has 3 aliphatic rings. The molecule has 2 aromatic rings. The molecule has 210 valence electrons. The van der Waals surface area contributed by atoms with Crippen LogP contribution >= 0.6 is 0 Å². The number of likely N-dealkylation sites (tertiary alicyclic amines) is 3. The standard InChI is InChI=1S/C29H38N4O5S/c1-38-25-9-4-7-23(19-25)22-11-13-26(14-12-22)39(36,37)30-27-10-6-17-32(29(27)35)21-28(34)33-18-5-8-24(33)20-31-15-2-3-16-31/h4,7,9,11-14,19,24,27,30H,2-3,5-6,8,10,15-18,20-21H2,1H3. The van der Waals surface area contributed by atoms with Crippen LogP contribution in [0.5, 0.6) is 5.75 Å². The lowest BCUT2D eigenvalue weighted by Gasteiger charge is -2.34. The summed E-state index contributed by atoms with van der Waals surface area (Å²) in [6.45, 7) is 4.27. The molecule has 2 aromatic carbocycles. The molecule has 3 fully saturated rings. The number of carbonyl (C=O) groups excluding carboxylic acids is 2. The van der Waals surface area contributed by atoms with Gasteiger partial charge in [-0.1, -0.05) is 24.3 Å². The highest BCUT2D eigenvalue weighted by molar-refractivity contribution is 7.89. The van der Waals surface area contributed by atoms with Gasteiger partial charge in [-0.2, -0.15) is 4.72 Å². The molecule has 0 spiro atoms. The Hall–Kier alpha value is -2.95. The monoisotopic (exact) mass is 554 g/mol. The first-order valence-corrected chi connectivity index (χ1v) is 15.4. The third-order valence-corrected chi connectivity index (χ3v) is 9.57. The number of rotatable bonds is 9. The van der Waals surface area contributed by atoms with Gasteiger partial charge >= 0.3 is 0 Å². The fourth-order valence-corrected chi connectivity index (χ4v) is 7.19. The maximum atomic E-state index is 13.3. The number of carbonyl (C=O) groups is 2. The molecule has 39 heavy (non-hydrogen) atoms. The Labute approximate surface area is 231 Å². The maximum absolute atomic E-state index is 13.3. The van der Waals surface area contributed by atoms with E-state index in [0.717, 1.165) is 55.9 Å². The summed E-state index contributed by atoms with van der Waals surface area (Å²) in [6, 6.07) is 13.4. The normalized spacial score (nSPS) is 22.4. The second-order valence-corrected chi connectivity index (χ2v) is 12.4. The summed E-state index contributed by atoms with van der Waals surface area (Å²) in [5.74, 6) is 0.347. The van der Waals surface area contributed by atoms with Crippen LogP contribution in [0.2, 0.25) is 0 Å². The lowest BCUT2D eigenvalue weighted by atomic mass is 10.1. The molecule has 10 heteroatoms. The number of ether oxygens (including phenoxy) is 1. The number of hydrogen-bond acceptors (Lipinski definition) is 6. The first-order valence-electron chi connectivity index (χ1n) is 13.9. The number of piperidine rings is 1. The largest absolute Gasteiger partial charge is 0.497 e. The van der Waals surface area contributed by atoms with Gasteiger partial charge < -0.3 is 19.4 Å². The smallest absolute Gasteiger partial charge is 0.242 e. The third-order valence-electron chi connectivity index (χ3n) is 8.09. The Morgan fingerprint density at radius 3 is 2.44 bits per heavy atom. The van der Waals surface area contributed by atoms with Crippen LogP contribution in [0.25, 0.3) is 11.1 Å². The van der Waals surface area contributed by atoms with E-state index in [1.54, 1.807) is 31.4 Å². The lowest BCUT2D eigenvalue weighted by Crippen LogP contribution is -2.55. The molecule has 0 radical (unpaired) electrons. The van der Waals surface area contributed by atoms with Gasteiger partial charge in [0.25, 0.3) is 0 Å². The maximum Gasteiger partial charge on any atom is 0.242 e. The van der Waals surface area contributed by atoms with Gasteiger partial charge in [-0.05, 0) is 87.0 Å². The topological polar surface area (TPSA) is 99.3 Å². The van der Waals surface area contributed by atoms with Crippen LogP contribution < -0.4 is 9.46 Å². The van der Waals surface area contributed by atoms with Crippen molar-refractivity contribution in [1.82, 2.24) is 19.4 Å². The van der Waals surface area contributed by atoms with Crippen molar-refractivity contribution < 1.29 is 22.7 Å². The van der Waals surface area contributed by atoms with Crippen molar-refractivity contribution in [3.8, 4) is 16.9 Å². The van der Waals surface area contributed by atoms with Crippen LogP contribution in [0.3, 0.4) is 0 Å². The van der Waals surface area contributed by atoms with Crippen molar-refractivity contribution in [2.45, 2.75) is 55.5 Å². The highest BCUT2D eigenvalue weighted by Crippen LogP contribution is 2.26. The molecular formula is C29H38N4O5S. The minimum atomic E-state index is -3.92. The number of amides is 2. The van der Waals surface area contributed by atoms with Crippen molar-refractivity contribution in [3.05, 3.63) is 48.5 Å². The molecule has 3 heterocycles. The van der Waals surface area contributed by atoms with E-state index in [1.165, 1.54) is 17.7 Å². The minimum Gasteiger partial charge on any atom is -0.497 e. The summed E-state index contributed by atoms with van der Waals surface area (Å²) >= 11 is 0. The zero-order valence-corrected chi connectivity index (χ0v) is 23.4. The van der Waals surface area contributed by atoms with E-state index in [4.69, 9.17) is 4.74 Å². The Morgan fingerprint density at radius 2 is 1.69 bits per heavy atom. The number of nitrogens with one attached hydrogen (secondary N) is 1. The van der Waals surface area contributed by atoms with Crippen LogP contribution in [0.1, 0.15) is 38.5 Å². The minimum absolute atomic E-state index is 0.00277. The quantitative estimate of drug-likeness (QED) is 0.512. The van der Waals surface area contributed by atoms with Gasteiger partial charge in [0.15, 0.2) is 0 Å². The molecule has 0 aliphatic carbocycles.